The second kappa shape index (κ2) is 7.85. The van der Waals surface area contributed by atoms with E-state index in [1.165, 1.54) is 0 Å². The SMILES string of the molecule is CC(CCN)CCC(=O)NCC1(O)CCC(C)CC1. The first-order valence-corrected chi connectivity index (χ1v) is 7.64. The lowest BCUT2D eigenvalue weighted by molar-refractivity contribution is -0.123. The van der Waals surface area contributed by atoms with Gasteiger partial charge in [-0.3, -0.25) is 4.79 Å². The summed E-state index contributed by atoms with van der Waals surface area (Å²) in [6.07, 6.45) is 6.09. The van der Waals surface area contributed by atoms with Crippen LogP contribution in [0.1, 0.15) is 58.8 Å². The molecule has 0 spiro atoms. The first-order valence-electron chi connectivity index (χ1n) is 7.64. The molecule has 0 radical (unpaired) electrons. The lowest BCUT2D eigenvalue weighted by atomic mass is 9.79. The van der Waals surface area contributed by atoms with Crippen LogP contribution in [0.25, 0.3) is 0 Å². The van der Waals surface area contributed by atoms with Crippen molar-refractivity contribution in [2.75, 3.05) is 13.1 Å². The Hall–Kier alpha value is -0.610. The van der Waals surface area contributed by atoms with E-state index >= 15 is 0 Å². The minimum absolute atomic E-state index is 0.0518. The molecule has 0 aromatic carbocycles. The second-order valence-corrected chi connectivity index (χ2v) is 6.40. The summed E-state index contributed by atoms with van der Waals surface area (Å²) in [6, 6.07) is 0. The molecule has 0 saturated heterocycles. The Balaban J connectivity index is 2.19. The van der Waals surface area contributed by atoms with Crippen molar-refractivity contribution in [2.45, 2.75) is 64.4 Å². The Morgan fingerprint density at radius 3 is 2.63 bits per heavy atom. The van der Waals surface area contributed by atoms with Gasteiger partial charge in [0.2, 0.25) is 5.91 Å². The summed E-state index contributed by atoms with van der Waals surface area (Å²) in [4.78, 5) is 11.7. The molecule has 1 aliphatic rings. The van der Waals surface area contributed by atoms with Crippen molar-refractivity contribution in [1.82, 2.24) is 5.32 Å². The monoisotopic (exact) mass is 270 g/mol. The quantitative estimate of drug-likeness (QED) is 0.660. The van der Waals surface area contributed by atoms with Gasteiger partial charge in [-0.05, 0) is 56.9 Å². The van der Waals surface area contributed by atoms with Gasteiger partial charge in [-0.15, -0.1) is 0 Å². The zero-order chi connectivity index (χ0) is 14.3. The van der Waals surface area contributed by atoms with Crippen LogP contribution in [0.3, 0.4) is 0 Å². The van der Waals surface area contributed by atoms with Gasteiger partial charge in [-0.25, -0.2) is 0 Å². The highest BCUT2D eigenvalue weighted by Gasteiger charge is 2.31. The Morgan fingerprint density at radius 2 is 2.05 bits per heavy atom. The lowest BCUT2D eigenvalue weighted by Crippen LogP contribution is -2.45. The van der Waals surface area contributed by atoms with Crippen molar-refractivity contribution in [3.63, 3.8) is 0 Å². The van der Waals surface area contributed by atoms with Gasteiger partial charge in [0.15, 0.2) is 0 Å². The Morgan fingerprint density at radius 1 is 1.42 bits per heavy atom. The molecule has 1 rings (SSSR count). The van der Waals surface area contributed by atoms with E-state index in [2.05, 4.69) is 19.2 Å². The van der Waals surface area contributed by atoms with E-state index in [1.54, 1.807) is 0 Å². The molecule has 1 saturated carbocycles. The summed E-state index contributed by atoms with van der Waals surface area (Å²) < 4.78 is 0. The molecule has 4 N–H and O–H groups in total. The van der Waals surface area contributed by atoms with Crippen LogP contribution in [0.5, 0.6) is 0 Å². The van der Waals surface area contributed by atoms with Crippen LogP contribution in [0.2, 0.25) is 0 Å². The number of aliphatic hydroxyl groups is 1. The highest BCUT2D eigenvalue weighted by molar-refractivity contribution is 5.75. The zero-order valence-corrected chi connectivity index (χ0v) is 12.5. The fraction of sp³-hybridized carbons (Fsp3) is 0.933. The molecule has 0 heterocycles. The lowest BCUT2D eigenvalue weighted by Gasteiger charge is -2.35. The number of amides is 1. The Bertz CT molecular complexity index is 273. The summed E-state index contributed by atoms with van der Waals surface area (Å²) >= 11 is 0. The van der Waals surface area contributed by atoms with E-state index in [0.717, 1.165) is 38.5 Å². The van der Waals surface area contributed by atoms with E-state index < -0.39 is 5.60 Å². The van der Waals surface area contributed by atoms with Crippen LogP contribution < -0.4 is 11.1 Å². The van der Waals surface area contributed by atoms with Crippen molar-refractivity contribution in [1.29, 1.82) is 0 Å². The molecule has 0 aromatic heterocycles. The molecule has 1 unspecified atom stereocenters. The third kappa shape index (κ3) is 6.39. The highest BCUT2D eigenvalue weighted by atomic mass is 16.3. The maximum Gasteiger partial charge on any atom is 0.220 e. The Labute approximate surface area is 117 Å². The molecule has 0 bridgehead atoms. The van der Waals surface area contributed by atoms with Crippen molar-refractivity contribution >= 4 is 5.91 Å². The maximum absolute atomic E-state index is 11.7. The summed E-state index contributed by atoms with van der Waals surface area (Å²) in [7, 11) is 0. The van der Waals surface area contributed by atoms with Gasteiger partial charge in [0.25, 0.3) is 0 Å². The highest BCUT2D eigenvalue weighted by Crippen LogP contribution is 2.31. The molecule has 4 nitrogen and oxygen atoms in total. The normalized spacial score (nSPS) is 28.9. The maximum atomic E-state index is 11.7. The first kappa shape index (κ1) is 16.4. The molecule has 1 fully saturated rings. The van der Waals surface area contributed by atoms with Gasteiger partial charge in [-0.2, -0.15) is 0 Å². The largest absolute Gasteiger partial charge is 0.388 e. The average molecular weight is 270 g/mol. The van der Waals surface area contributed by atoms with Gasteiger partial charge >= 0.3 is 0 Å². The fourth-order valence-corrected chi connectivity index (χ4v) is 2.63. The van der Waals surface area contributed by atoms with Crippen LogP contribution in [0.4, 0.5) is 0 Å². The second-order valence-electron chi connectivity index (χ2n) is 6.40. The molecule has 19 heavy (non-hydrogen) atoms. The van der Waals surface area contributed by atoms with E-state index in [4.69, 9.17) is 5.73 Å². The van der Waals surface area contributed by atoms with Crippen LogP contribution in [0, 0.1) is 11.8 Å². The minimum Gasteiger partial charge on any atom is -0.388 e. The summed E-state index contributed by atoms with van der Waals surface area (Å²) in [5.41, 5.74) is 4.81. The molecule has 112 valence electrons. The number of nitrogens with two attached hydrogens (primary N) is 1. The van der Waals surface area contributed by atoms with Gasteiger partial charge in [-0.1, -0.05) is 13.8 Å². The number of hydrogen-bond donors (Lipinski definition) is 3. The topological polar surface area (TPSA) is 75.4 Å². The van der Waals surface area contributed by atoms with E-state index in [1.807, 2.05) is 0 Å². The van der Waals surface area contributed by atoms with Gasteiger partial charge < -0.3 is 16.2 Å². The third-order valence-corrected chi connectivity index (χ3v) is 4.34. The molecule has 0 aliphatic heterocycles. The predicted octanol–water partition coefficient (Wildman–Crippen LogP) is 1.81. The minimum atomic E-state index is -0.676. The van der Waals surface area contributed by atoms with Crippen molar-refractivity contribution in [3.8, 4) is 0 Å². The van der Waals surface area contributed by atoms with E-state index in [-0.39, 0.29) is 5.91 Å². The van der Waals surface area contributed by atoms with Crippen molar-refractivity contribution in [3.05, 3.63) is 0 Å². The molecule has 4 heteroatoms. The van der Waals surface area contributed by atoms with Crippen LogP contribution in [-0.4, -0.2) is 29.7 Å². The molecule has 1 amide bonds. The summed E-state index contributed by atoms with van der Waals surface area (Å²) in [5.74, 6) is 1.25. The van der Waals surface area contributed by atoms with Crippen LogP contribution in [-0.2, 0) is 4.79 Å². The number of carbonyl (C=O) groups excluding carboxylic acids is 1. The van der Waals surface area contributed by atoms with Crippen molar-refractivity contribution < 1.29 is 9.90 Å². The summed E-state index contributed by atoms with van der Waals surface area (Å²) in [5, 5.41) is 13.3. The smallest absolute Gasteiger partial charge is 0.220 e. The fourth-order valence-electron chi connectivity index (χ4n) is 2.63. The molecular weight excluding hydrogens is 240 g/mol. The first-order chi connectivity index (χ1) is 8.95. The summed E-state index contributed by atoms with van der Waals surface area (Å²) in [6.45, 7) is 5.43. The van der Waals surface area contributed by atoms with Crippen LogP contribution >= 0.6 is 0 Å². The van der Waals surface area contributed by atoms with E-state index in [0.29, 0.717) is 31.3 Å². The van der Waals surface area contributed by atoms with Crippen LogP contribution in [0.15, 0.2) is 0 Å². The predicted molar refractivity (Wildman–Crippen MR) is 77.7 cm³/mol. The van der Waals surface area contributed by atoms with Gasteiger partial charge in [0.05, 0.1) is 5.60 Å². The number of hydrogen-bond acceptors (Lipinski definition) is 3. The molecule has 0 aromatic rings. The van der Waals surface area contributed by atoms with Gasteiger partial charge in [0.1, 0.15) is 0 Å². The molecule has 1 atom stereocenters. The zero-order valence-electron chi connectivity index (χ0n) is 12.5. The standard InChI is InChI=1S/C15H30N2O2/c1-12(7-10-16)3-4-14(18)17-11-15(19)8-5-13(2)6-9-15/h12-13,19H,3-11,16H2,1-2H3,(H,17,18). The van der Waals surface area contributed by atoms with Crippen molar-refractivity contribution in [2.24, 2.45) is 17.6 Å². The third-order valence-electron chi connectivity index (χ3n) is 4.34. The molecule has 1 aliphatic carbocycles. The number of nitrogens with one attached hydrogen (secondary N) is 1. The van der Waals surface area contributed by atoms with Gasteiger partial charge in [0, 0.05) is 13.0 Å². The Kier molecular flexibility index (Phi) is 6.80. The molecular formula is C15H30N2O2. The average Bonchev–Trinajstić information content (AvgIpc) is 2.38. The number of rotatable bonds is 7. The number of carbonyl (C=O) groups is 1. The van der Waals surface area contributed by atoms with E-state index in [9.17, 15) is 9.90 Å².